The van der Waals surface area contributed by atoms with Crippen molar-refractivity contribution in [1.29, 1.82) is 0 Å². The molecule has 0 radical (unpaired) electrons. The van der Waals surface area contributed by atoms with Crippen molar-refractivity contribution in [3.8, 4) is 0 Å². The van der Waals surface area contributed by atoms with Gasteiger partial charge in [-0.2, -0.15) is 0 Å². The van der Waals surface area contributed by atoms with Crippen LogP contribution in [0.25, 0.3) is 0 Å². The Morgan fingerprint density at radius 1 is 1.00 bits per heavy atom. The minimum atomic E-state index is -0.0263. The van der Waals surface area contributed by atoms with Crippen LogP contribution >= 0.6 is 11.3 Å². The summed E-state index contributed by atoms with van der Waals surface area (Å²) in [5.74, 6) is -0.0378. The highest BCUT2D eigenvalue weighted by molar-refractivity contribution is 7.14. The van der Waals surface area contributed by atoms with E-state index in [1.807, 2.05) is 25.1 Å². The molecule has 1 amide bonds. The highest BCUT2D eigenvalue weighted by atomic mass is 32.1. The van der Waals surface area contributed by atoms with Crippen molar-refractivity contribution in [2.24, 2.45) is 0 Å². The summed E-state index contributed by atoms with van der Waals surface area (Å²) < 4.78 is 0. The summed E-state index contributed by atoms with van der Waals surface area (Å²) in [4.78, 5) is 40.1. The Balaban J connectivity index is 1.28. The predicted octanol–water partition coefficient (Wildman–Crippen LogP) is 4.22. The molecule has 1 fully saturated rings. The first-order valence-electron chi connectivity index (χ1n) is 11.3. The number of hydrogen-bond donors (Lipinski definition) is 2. The number of nitrogens with zero attached hydrogens (tertiary/aromatic N) is 1. The summed E-state index contributed by atoms with van der Waals surface area (Å²) in [5.41, 5.74) is 8.00. The van der Waals surface area contributed by atoms with Crippen LogP contribution in [0.2, 0.25) is 0 Å². The summed E-state index contributed by atoms with van der Waals surface area (Å²) in [7, 11) is 1.79. The Morgan fingerprint density at radius 3 is 2.47 bits per heavy atom. The van der Waals surface area contributed by atoms with Crippen molar-refractivity contribution in [3.05, 3.63) is 57.8 Å². The first-order valence-corrected chi connectivity index (χ1v) is 12.2. The number of rotatable bonds is 12. The maximum atomic E-state index is 12.4. The third-order valence-corrected chi connectivity index (χ3v) is 6.96. The van der Waals surface area contributed by atoms with Crippen LogP contribution in [0.4, 0.5) is 0 Å². The number of hydrazine groups is 1. The molecule has 0 bridgehead atoms. The van der Waals surface area contributed by atoms with Gasteiger partial charge in [0.2, 0.25) is 5.91 Å². The summed E-state index contributed by atoms with van der Waals surface area (Å²) >= 11 is 1.46. The largest absolute Gasteiger partial charge is 0.346 e. The lowest BCUT2D eigenvalue weighted by Crippen LogP contribution is -2.32. The summed E-state index contributed by atoms with van der Waals surface area (Å²) in [6.45, 7) is 2.63. The van der Waals surface area contributed by atoms with E-state index in [2.05, 4.69) is 35.1 Å². The molecule has 7 heteroatoms. The summed E-state index contributed by atoms with van der Waals surface area (Å²) in [6.07, 6.45) is 3.75. The van der Waals surface area contributed by atoms with Crippen molar-refractivity contribution in [2.45, 2.75) is 64.0 Å². The van der Waals surface area contributed by atoms with Crippen molar-refractivity contribution < 1.29 is 14.4 Å². The molecule has 6 nitrogen and oxygen atoms in total. The van der Waals surface area contributed by atoms with Gasteiger partial charge in [0.15, 0.2) is 5.78 Å². The molecule has 1 aromatic carbocycles. The molecule has 1 aliphatic rings. The average molecular weight is 456 g/mol. The number of benzene rings is 1. The molecule has 1 aromatic heterocycles. The van der Waals surface area contributed by atoms with Crippen LogP contribution in [0.1, 0.15) is 71.1 Å². The van der Waals surface area contributed by atoms with Crippen molar-refractivity contribution in [2.75, 3.05) is 13.6 Å². The number of Topliss-reactive ketones (excluding diaryl/α,β-unsaturated/α-hetero) is 2. The molecule has 1 saturated heterocycles. The Morgan fingerprint density at radius 2 is 1.75 bits per heavy atom. The van der Waals surface area contributed by atoms with E-state index >= 15 is 0 Å². The van der Waals surface area contributed by atoms with Crippen LogP contribution in [-0.4, -0.2) is 42.0 Å². The van der Waals surface area contributed by atoms with Gasteiger partial charge in [0.25, 0.3) is 0 Å². The second-order valence-electron chi connectivity index (χ2n) is 8.51. The fourth-order valence-corrected chi connectivity index (χ4v) is 4.77. The molecule has 0 aliphatic carbocycles. The number of ketones is 2. The highest BCUT2D eigenvalue weighted by Crippen LogP contribution is 2.24. The fraction of sp³-hybridized carbons (Fsp3) is 0.480. The molecule has 2 aromatic rings. The smallest absolute Gasteiger partial charge is 0.222 e. The van der Waals surface area contributed by atoms with Gasteiger partial charge >= 0.3 is 0 Å². The maximum Gasteiger partial charge on any atom is 0.222 e. The van der Waals surface area contributed by atoms with Crippen LogP contribution in [0.5, 0.6) is 0 Å². The fourth-order valence-electron chi connectivity index (χ4n) is 3.94. The van der Waals surface area contributed by atoms with E-state index in [-0.39, 0.29) is 43.2 Å². The van der Waals surface area contributed by atoms with E-state index in [9.17, 15) is 14.4 Å². The zero-order valence-electron chi connectivity index (χ0n) is 18.9. The number of carbonyl (C=O) groups is 3. The monoisotopic (exact) mass is 455 g/mol. The lowest BCUT2D eigenvalue weighted by atomic mass is 10.00. The molecule has 2 unspecified atom stereocenters. The zero-order chi connectivity index (χ0) is 22.9. The van der Waals surface area contributed by atoms with Gasteiger partial charge in [-0.05, 0) is 43.9 Å². The van der Waals surface area contributed by atoms with Gasteiger partial charge in [-0.25, -0.2) is 0 Å². The van der Waals surface area contributed by atoms with Crippen LogP contribution in [-0.2, 0) is 9.59 Å². The maximum absolute atomic E-state index is 12.4. The molecule has 2 N–H and O–H groups in total. The lowest BCUT2D eigenvalue weighted by molar-refractivity contribution is -0.132. The highest BCUT2D eigenvalue weighted by Gasteiger charge is 2.24. The molecular formula is C25H33N3O3S. The minimum Gasteiger partial charge on any atom is -0.346 e. The Hall–Kier alpha value is -2.35. The van der Waals surface area contributed by atoms with Gasteiger partial charge in [0, 0.05) is 56.2 Å². The quantitative estimate of drug-likeness (QED) is 0.469. The number of aryl methyl sites for hydroxylation is 1. The Kier molecular flexibility index (Phi) is 9.14. The number of thiophene rings is 1. The first kappa shape index (κ1) is 24.3. The second-order valence-corrected chi connectivity index (χ2v) is 9.80. The molecule has 2 atom stereocenters. The lowest BCUT2D eigenvalue weighted by Gasteiger charge is -2.18. The minimum absolute atomic E-state index is 0.00408. The molecule has 0 spiro atoms. The van der Waals surface area contributed by atoms with Crippen molar-refractivity contribution in [3.63, 3.8) is 0 Å². The van der Waals surface area contributed by atoms with Gasteiger partial charge in [-0.15, -0.1) is 11.3 Å². The standard InChI is InChI=1S/C25H33N3O3S/c1-18-10-14-24(32-18)23(30)13-11-21(29)12-15-25(31)28(2)16-6-9-20-17-22(27-26-20)19-7-4-3-5-8-19/h3-5,7-8,10,14,20,22,26-27H,6,9,11-13,15-17H2,1-2H3. The van der Waals surface area contributed by atoms with Crippen molar-refractivity contribution in [1.82, 2.24) is 15.8 Å². The van der Waals surface area contributed by atoms with Crippen LogP contribution < -0.4 is 10.9 Å². The van der Waals surface area contributed by atoms with E-state index in [0.717, 1.165) is 24.1 Å². The normalized spacial score (nSPS) is 17.9. The van der Waals surface area contributed by atoms with Crippen LogP contribution in [0.3, 0.4) is 0 Å². The van der Waals surface area contributed by atoms with Crippen LogP contribution in [0.15, 0.2) is 42.5 Å². The van der Waals surface area contributed by atoms with Gasteiger partial charge in [-0.1, -0.05) is 30.3 Å². The van der Waals surface area contributed by atoms with E-state index in [1.165, 1.54) is 16.9 Å². The van der Waals surface area contributed by atoms with Gasteiger partial charge in [0.1, 0.15) is 5.78 Å². The summed E-state index contributed by atoms with van der Waals surface area (Å²) in [5, 5.41) is 0. The number of hydrogen-bond acceptors (Lipinski definition) is 6. The molecule has 3 rings (SSSR count). The van der Waals surface area contributed by atoms with Crippen molar-refractivity contribution >= 4 is 28.8 Å². The van der Waals surface area contributed by atoms with E-state index in [0.29, 0.717) is 23.5 Å². The third kappa shape index (κ3) is 7.36. The van der Waals surface area contributed by atoms with Gasteiger partial charge < -0.3 is 4.90 Å². The third-order valence-electron chi connectivity index (χ3n) is 5.92. The Labute approximate surface area is 194 Å². The average Bonchev–Trinajstić information content (AvgIpc) is 3.45. The molecule has 1 aliphatic heterocycles. The van der Waals surface area contributed by atoms with Gasteiger partial charge in [0.05, 0.1) is 4.88 Å². The van der Waals surface area contributed by atoms with E-state index in [4.69, 9.17) is 0 Å². The molecule has 172 valence electrons. The first-order chi connectivity index (χ1) is 15.4. The predicted molar refractivity (Wildman–Crippen MR) is 128 cm³/mol. The zero-order valence-corrected chi connectivity index (χ0v) is 19.7. The molecule has 32 heavy (non-hydrogen) atoms. The van der Waals surface area contributed by atoms with Gasteiger partial charge in [-0.3, -0.25) is 25.2 Å². The summed E-state index contributed by atoms with van der Waals surface area (Å²) in [6, 6.07) is 14.8. The molecular weight excluding hydrogens is 422 g/mol. The second kappa shape index (κ2) is 12.0. The molecule has 2 heterocycles. The number of carbonyl (C=O) groups excluding carboxylic acids is 3. The topological polar surface area (TPSA) is 78.5 Å². The SMILES string of the molecule is Cc1ccc(C(=O)CCC(=O)CCC(=O)N(C)CCCC2CC(c3ccccc3)NN2)s1. The van der Waals surface area contributed by atoms with E-state index in [1.54, 1.807) is 11.9 Å². The van der Waals surface area contributed by atoms with Crippen LogP contribution in [0, 0.1) is 6.92 Å². The number of nitrogens with one attached hydrogen (secondary N) is 2. The number of amides is 1. The Bertz CT molecular complexity index is 912. The molecule has 0 saturated carbocycles. The van der Waals surface area contributed by atoms with E-state index < -0.39 is 0 Å².